The molecule has 6 heteroatoms. The highest BCUT2D eigenvalue weighted by atomic mass is 35.5. The summed E-state index contributed by atoms with van der Waals surface area (Å²) in [7, 11) is 1.63. The van der Waals surface area contributed by atoms with E-state index in [1.54, 1.807) is 31.4 Å². The van der Waals surface area contributed by atoms with Crippen molar-refractivity contribution in [1.29, 1.82) is 0 Å². The number of carbonyl (C=O) groups is 1. The van der Waals surface area contributed by atoms with Crippen molar-refractivity contribution in [2.75, 3.05) is 25.1 Å². The second-order valence-electron chi connectivity index (χ2n) is 5.37. The van der Waals surface area contributed by atoms with Gasteiger partial charge in [-0.1, -0.05) is 11.6 Å². The Bertz CT molecular complexity index is 742. The van der Waals surface area contributed by atoms with E-state index in [0.29, 0.717) is 23.1 Å². The van der Waals surface area contributed by atoms with Crippen LogP contribution in [-0.2, 0) is 0 Å². The van der Waals surface area contributed by atoms with Crippen LogP contribution in [0.1, 0.15) is 16.8 Å². The zero-order valence-electron chi connectivity index (χ0n) is 13.3. The van der Waals surface area contributed by atoms with Crippen molar-refractivity contribution in [3.05, 3.63) is 59.1 Å². The van der Waals surface area contributed by atoms with Gasteiger partial charge in [0.2, 0.25) is 5.96 Å². The Morgan fingerprint density at radius 1 is 1.17 bits per heavy atom. The Balaban J connectivity index is 1.78. The van der Waals surface area contributed by atoms with Crippen molar-refractivity contribution in [1.82, 2.24) is 5.32 Å². The molecule has 1 amide bonds. The van der Waals surface area contributed by atoms with Crippen LogP contribution in [-0.4, -0.2) is 32.1 Å². The number of nitrogens with zero attached hydrogens (tertiary/aromatic N) is 2. The third kappa shape index (κ3) is 3.68. The van der Waals surface area contributed by atoms with Gasteiger partial charge in [-0.15, -0.1) is 0 Å². The number of methoxy groups -OCH3 is 1. The number of benzene rings is 2. The highest BCUT2D eigenvalue weighted by Crippen LogP contribution is 2.21. The van der Waals surface area contributed by atoms with Gasteiger partial charge in [-0.05, 0) is 55.0 Å². The van der Waals surface area contributed by atoms with Gasteiger partial charge in [-0.2, -0.15) is 0 Å². The Hall–Kier alpha value is -2.53. The van der Waals surface area contributed by atoms with Crippen LogP contribution in [0.15, 0.2) is 53.5 Å². The minimum atomic E-state index is -0.203. The number of nitrogens with one attached hydrogen (secondary N) is 1. The van der Waals surface area contributed by atoms with Gasteiger partial charge >= 0.3 is 0 Å². The molecule has 1 aliphatic heterocycles. The van der Waals surface area contributed by atoms with Crippen LogP contribution >= 0.6 is 11.6 Å². The summed E-state index contributed by atoms with van der Waals surface area (Å²) in [4.78, 5) is 18.9. The average molecular weight is 344 g/mol. The first kappa shape index (κ1) is 16.3. The summed E-state index contributed by atoms with van der Waals surface area (Å²) < 4.78 is 5.19. The topological polar surface area (TPSA) is 53.9 Å². The van der Waals surface area contributed by atoms with E-state index in [9.17, 15) is 4.79 Å². The lowest BCUT2D eigenvalue weighted by Gasteiger charge is -2.29. The first-order valence-corrected chi connectivity index (χ1v) is 8.08. The molecule has 0 fully saturated rings. The molecule has 2 aromatic carbocycles. The fourth-order valence-electron chi connectivity index (χ4n) is 2.50. The van der Waals surface area contributed by atoms with Crippen LogP contribution in [0, 0.1) is 0 Å². The molecule has 1 N–H and O–H groups in total. The predicted molar refractivity (Wildman–Crippen MR) is 96.2 cm³/mol. The van der Waals surface area contributed by atoms with E-state index >= 15 is 0 Å². The summed E-state index contributed by atoms with van der Waals surface area (Å²) in [5.41, 5.74) is 1.51. The van der Waals surface area contributed by atoms with E-state index in [-0.39, 0.29) is 5.91 Å². The summed E-state index contributed by atoms with van der Waals surface area (Å²) in [6.45, 7) is 1.49. The highest BCUT2D eigenvalue weighted by Gasteiger charge is 2.20. The molecule has 0 spiro atoms. The fourth-order valence-corrected chi connectivity index (χ4v) is 2.63. The van der Waals surface area contributed by atoms with Crippen LogP contribution in [0.25, 0.3) is 0 Å². The van der Waals surface area contributed by atoms with Crippen LogP contribution in [0.3, 0.4) is 0 Å². The Kier molecular flexibility index (Phi) is 5.01. The van der Waals surface area contributed by atoms with Crippen molar-refractivity contribution < 1.29 is 9.53 Å². The van der Waals surface area contributed by atoms with Gasteiger partial charge in [0.15, 0.2) is 0 Å². The molecule has 0 unspecified atom stereocenters. The number of amides is 1. The number of rotatable bonds is 3. The number of ether oxygens (including phenoxy) is 1. The van der Waals surface area contributed by atoms with Gasteiger partial charge in [0.25, 0.3) is 5.91 Å². The molecule has 0 aromatic heterocycles. The largest absolute Gasteiger partial charge is 0.497 e. The van der Waals surface area contributed by atoms with Gasteiger partial charge < -0.3 is 9.64 Å². The number of anilines is 1. The molecule has 0 atom stereocenters. The van der Waals surface area contributed by atoms with Crippen LogP contribution in [0.5, 0.6) is 5.75 Å². The molecule has 0 aliphatic carbocycles. The summed E-state index contributed by atoms with van der Waals surface area (Å²) in [6, 6.07) is 14.5. The van der Waals surface area contributed by atoms with Gasteiger partial charge in [0.05, 0.1) is 7.11 Å². The number of hydrogen-bond donors (Lipinski definition) is 1. The van der Waals surface area contributed by atoms with E-state index in [1.807, 2.05) is 29.2 Å². The van der Waals surface area contributed by atoms with Crippen molar-refractivity contribution in [2.45, 2.75) is 6.42 Å². The number of carbonyl (C=O) groups excluding carboxylic acids is 1. The Morgan fingerprint density at radius 3 is 2.54 bits per heavy atom. The first-order valence-electron chi connectivity index (χ1n) is 7.70. The first-order chi connectivity index (χ1) is 11.7. The minimum Gasteiger partial charge on any atom is -0.497 e. The lowest BCUT2D eigenvalue weighted by atomic mass is 10.2. The number of halogens is 1. The van der Waals surface area contributed by atoms with E-state index in [0.717, 1.165) is 24.4 Å². The van der Waals surface area contributed by atoms with Gasteiger partial charge in [-0.25, -0.2) is 0 Å². The van der Waals surface area contributed by atoms with E-state index in [4.69, 9.17) is 16.3 Å². The van der Waals surface area contributed by atoms with Crippen molar-refractivity contribution in [3.63, 3.8) is 0 Å². The second-order valence-corrected chi connectivity index (χ2v) is 5.81. The van der Waals surface area contributed by atoms with E-state index < -0.39 is 0 Å². The molecule has 3 rings (SSSR count). The van der Waals surface area contributed by atoms with Crippen LogP contribution in [0.2, 0.25) is 5.02 Å². The lowest BCUT2D eigenvalue weighted by Crippen LogP contribution is -2.47. The number of guanidine groups is 1. The van der Waals surface area contributed by atoms with E-state index in [1.165, 1.54) is 0 Å². The summed E-state index contributed by atoms with van der Waals surface area (Å²) in [5, 5.41) is 3.49. The SMILES string of the molecule is COc1ccc(N2CCCN=C2NC(=O)c2ccc(Cl)cc2)cc1. The molecule has 0 saturated heterocycles. The lowest BCUT2D eigenvalue weighted by molar-refractivity contribution is 0.0976. The molecule has 0 radical (unpaired) electrons. The maximum absolute atomic E-state index is 12.4. The molecule has 0 saturated carbocycles. The summed E-state index contributed by atoms with van der Waals surface area (Å²) in [6.07, 6.45) is 0.937. The zero-order chi connectivity index (χ0) is 16.9. The third-order valence-corrected chi connectivity index (χ3v) is 4.02. The average Bonchev–Trinajstić information content (AvgIpc) is 2.63. The fraction of sp³-hybridized carbons (Fsp3) is 0.222. The second kappa shape index (κ2) is 7.36. The van der Waals surface area contributed by atoms with Crippen molar-refractivity contribution >= 4 is 29.2 Å². The summed E-state index contributed by atoms with van der Waals surface area (Å²) in [5.74, 6) is 1.15. The smallest absolute Gasteiger partial charge is 0.257 e. The van der Waals surface area contributed by atoms with Crippen molar-refractivity contribution in [2.24, 2.45) is 4.99 Å². The molecule has 2 aromatic rings. The maximum Gasteiger partial charge on any atom is 0.257 e. The zero-order valence-corrected chi connectivity index (χ0v) is 14.1. The quantitative estimate of drug-likeness (QED) is 0.929. The summed E-state index contributed by atoms with van der Waals surface area (Å²) >= 11 is 5.86. The number of aliphatic imine (C=N–C) groups is 1. The normalized spacial score (nSPS) is 14.1. The molecule has 124 valence electrons. The van der Waals surface area contributed by atoms with Crippen molar-refractivity contribution in [3.8, 4) is 5.75 Å². The molecule has 5 nitrogen and oxygen atoms in total. The predicted octanol–water partition coefficient (Wildman–Crippen LogP) is 3.34. The van der Waals surface area contributed by atoms with Crippen LogP contribution < -0.4 is 15.0 Å². The Labute approximate surface area is 145 Å². The molecule has 1 heterocycles. The highest BCUT2D eigenvalue weighted by molar-refractivity contribution is 6.30. The van der Waals surface area contributed by atoms with Gasteiger partial charge in [0, 0.05) is 29.4 Å². The van der Waals surface area contributed by atoms with Gasteiger partial charge in [-0.3, -0.25) is 15.1 Å². The standard InChI is InChI=1S/C18H18ClN3O2/c1-24-16-9-7-15(8-10-16)22-12-2-11-20-18(22)21-17(23)13-3-5-14(19)6-4-13/h3-10H,2,11-12H2,1H3,(H,20,21,23). The molecule has 24 heavy (non-hydrogen) atoms. The third-order valence-electron chi connectivity index (χ3n) is 3.77. The van der Waals surface area contributed by atoms with Gasteiger partial charge in [0.1, 0.15) is 5.75 Å². The van der Waals surface area contributed by atoms with E-state index in [2.05, 4.69) is 10.3 Å². The monoisotopic (exact) mass is 343 g/mol. The minimum absolute atomic E-state index is 0.203. The molecular formula is C18H18ClN3O2. The molecule has 0 bridgehead atoms. The number of hydrogen-bond acceptors (Lipinski definition) is 4. The molecule has 1 aliphatic rings. The Morgan fingerprint density at radius 2 is 1.88 bits per heavy atom. The van der Waals surface area contributed by atoms with Crippen LogP contribution in [0.4, 0.5) is 5.69 Å². The molecular weight excluding hydrogens is 326 g/mol. The maximum atomic E-state index is 12.4.